The average Bonchev–Trinajstić information content (AvgIpc) is 2.55. The Labute approximate surface area is 136 Å². The van der Waals surface area contributed by atoms with Gasteiger partial charge in [0, 0.05) is 26.2 Å². The first-order valence-corrected chi connectivity index (χ1v) is 8.39. The van der Waals surface area contributed by atoms with Gasteiger partial charge in [0.1, 0.15) is 12.0 Å². The zero-order chi connectivity index (χ0) is 16.4. The molecule has 1 aromatic heterocycles. The minimum absolute atomic E-state index is 0.253. The molecule has 2 aliphatic rings. The van der Waals surface area contributed by atoms with Gasteiger partial charge in [-0.2, -0.15) is 0 Å². The van der Waals surface area contributed by atoms with Crippen molar-refractivity contribution in [3.05, 3.63) is 6.33 Å². The van der Waals surface area contributed by atoms with Gasteiger partial charge < -0.3 is 20.6 Å². The van der Waals surface area contributed by atoms with E-state index in [-0.39, 0.29) is 5.92 Å². The van der Waals surface area contributed by atoms with E-state index in [0.29, 0.717) is 37.5 Å². The van der Waals surface area contributed by atoms with E-state index in [1.165, 1.54) is 6.42 Å². The van der Waals surface area contributed by atoms with Gasteiger partial charge in [0.15, 0.2) is 11.6 Å². The highest BCUT2D eigenvalue weighted by Gasteiger charge is 2.28. The van der Waals surface area contributed by atoms with E-state index < -0.39 is 5.97 Å². The summed E-state index contributed by atoms with van der Waals surface area (Å²) in [6.07, 6.45) is 5.24. The number of nitrogens with zero attached hydrogens (tertiary/aromatic N) is 4. The van der Waals surface area contributed by atoms with E-state index in [4.69, 9.17) is 10.8 Å². The minimum atomic E-state index is -0.705. The predicted octanol–water partition coefficient (Wildman–Crippen LogP) is 1.60. The van der Waals surface area contributed by atoms with Crippen LogP contribution in [-0.4, -0.2) is 47.2 Å². The fourth-order valence-electron chi connectivity index (χ4n) is 3.60. The Morgan fingerprint density at radius 2 is 1.83 bits per heavy atom. The van der Waals surface area contributed by atoms with Crippen LogP contribution in [-0.2, 0) is 4.79 Å². The van der Waals surface area contributed by atoms with Crippen molar-refractivity contribution in [2.24, 2.45) is 11.8 Å². The molecule has 126 valence electrons. The Morgan fingerprint density at radius 3 is 2.43 bits per heavy atom. The maximum absolute atomic E-state index is 11.1. The Morgan fingerprint density at radius 1 is 1.17 bits per heavy atom. The number of carboxylic acids is 1. The van der Waals surface area contributed by atoms with E-state index in [0.717, 1.165) is 31.1 Å². The van der Waals surface area contributed by atoms with Gasteiger partial charge in [0.05, 0.1) is 5.92 Å². The molecule has 1 unspecified atom stereocenters. The summed E-state index contributed by atoms with van der Waals surface area (Å²) in [4.78, 5) is 24.2. The maximum atomic E-state index is 11.1. The molecule has 7 nitrogen and oxygen atoms in total. The first kappa shape index (κ1) is 15.8. The molecule has 3 N–H and O–H groups in total. The number of nitrogens with two attached hydrogens (primary N) is 1. The van der Waals surface area contributed by atoms with Gasteiger partial charge in [0.2, 0.25) is 0 Å². The van der Waals surface area contributed by atoms with Gasteiger partial charge in [-0.05, 0) is 31.6 Å². The number of aliphatic carboxylic acids is 1. The van der Waals surface area contributed by atoms with Crippen LogP contribution in [0.3, 0.4) is 0 Å². The summed E-state index contributed by atoms with van der Waals surface area (Å²) in [5.74, 6) is 1.26. The fourth-order valence-corrected chi connectivity index (χ4v) is 3.60. The largest absolute Gasteiger partial charge is 0.481 e. The second kappa shape index (κ2) is 6.60. The van der Waals surface area contributed by atoms with Gasteiger partial charge in [-0.15, -0.1) is 0 Å². The fraction of sp³-hybridized carbons (Fsp3) is 0.688. The Kier molecular flexibility index (Phi) is 4.54. The lowest BCUT2D eigenvalue weighted by Gasteiger charge is -2.35. The van der Waals surface area contributed by atoms with Crippen molar-refractivity contribution < 1.29 is 9.90 Å². The summed E-state index contributed by atoms with van der Waals surface area (Å²) >= 11 is 0. The molecule has 2 aliphatic heterocycles. The van der Waals surface area contributed by atoms with E-state index in [1.54, 1.807) is 6.33 Å². The molecule has 0 aromatic carbocycles. The van der Waals surface area contributed by atoms with Crippen molar-refractivity contribution >= 4 is 23.3 Å². The van der Waals surface area contributed by atoms with Gasteiger partial charge in [0.25, 0.3) is 0 Å². The molecular formula is C16H25N5O2. The first-order chi connectivity index (χ1) is 11.1. The average molecular weight is 319 g/mol. The van der Waals surface area contributed by atoms with Gasteiger partial charge >= 0.3 is 5.97 Å². The number of carbonyl (C=O) groups is 1. The van der Waals surface area contributed by atoms with Crippen LogP contribution in [0, 0.1) is 11.8 Å². The molecule has 7 heteroatoms. The summed E-state index contributed by atoms with van der Waals surface area (Å²) < 4.78 is 0. The van der Waals surface area contributed by atoms with Crippen LogP contribution >= 0.6 is 0 Å². The summed E-state index contributed by atoms with van der Waals surface area (Å²) in [5.41, 5.74) is 6.98. The Balaban J connectivity index is 1.76. The second-order valence-corrected chi connectivity index (χ2v) is 6.73. The lowest BCUT2D eigenvalue weighted by Crippen LogP contribution is -2.38. The monoisotopic (exact) mass is 319 g/mol. The maximum Gasteiger partial charge on any atom is 0.306 e. The van der Waals surface area contributed by atoms with Gasteiger partial charge in [-0.25, -0.2) is 9.97 Å². The number of nitrogen functional groups attached to an aromatic ring is 1. The predicted molar refractivity (Wildman–Crippen MR) is 89.6 cm³/mol. The van der Waals surface area contributed by atoms with Crippen molar-refractivity contribution in [2.75, 3.05) is 41.7 Å². The van der Waals surface area contributed by atoms with Crippen molar-refractivity contribution in [2.45, 2.75) is 32.6 Å². The molecule has 2 fully saturated rings. The first-order valence-electron chi connectivity index (χ1n) is 8.39. The molecule has 1 aromatic rings. The smallest absolute Gasteiger partial charge is 0.306 e. The summed E-state index contributed by atoms with van der Waals surface area (Å²) in [6, 6.07) is 0. The van der Waals surface area contributed by atoms with Crippen molar-refractivity contribution in [1.29, 1.82) is 0 Å². The van der Waals surface area contributed by atoms with Crippen molar-refractivity contribution in [1.82, 2.24) is 9.97 Å². The van der Waals surface area contributed by atoms with Crippen LogP contribution < -0.4 is 15.5 Å². The molecule has 0 saturated carbocycles. The second-order valence-electron chi connectivity index (χ2n) is 6.73. The third kappa shape index (κ3) is 3.33. The number of piperidine rings is 2. The topological polar surface area (TPSA) is 95.6 Å². The number of anilines is 3. The normalized spacial score (nSPS) is 23.1. The van der Waals surface area contributed by atoms with Crippen LogP contribution in [0.5, 0.6) is 0 Å². The Hall–Kier alpha value is -2.05. The number of hydrogen-bond acceptors (Lipinski definition) is 6. The van der Waals surface area contributed by atoms with Crippen LogP contribution in [0.15, 0.2) is 6.33 Å². The highest BCUT2D eigenvalue weighted by atomic mass is 16.4. The lowest BCUT2D eigenvalue weighted by molar-refractivity contribution is -0.142. The lowest BCUT2D eigenvalue weighted by atomic mass is 9.97. The molecule has 1 atom stereocenters. The molecule has 0 aliphatic carbocycles. The quantitative estimate of drug-likeness (QED) is 0.873. The van der Waals surface area contributed by atoms with Crippen LogP contribution in [0.1, 0.15) is 32.6 Å². The van der Waals surface area contributed by atoms with E-state index in [9.17, 15) is 4.79 Å². The SMILES string of the molecule is CC1CCCN(c2ncnc(N3CCC(C(=O)O)CC3)c2N)C1. The summed E-state index contributed by atoms with van der Waals surface area (Å²) in [5, 5.41) is 9.11. The molecule has 2 saturated heterocycles. The third-order valence-electron chi connectivity index (χ3n) is 4.94. The zero-order valence-corrected chi connectivity index (χ0v) is 13.6. The van der Waals surface area contributed by atoms with E-state index in [2.05, 4.69) is 26.7 Å². The van der Waals surface area contributed by atoms with Gasteiger partial charge in [-0.1, -0.05) is 6.92 Å². The highest BCUT2D eigenvalue weighted by Crippen LogP contribution is 2.33. The zero-order valence-electron chi connectivity index (χ0n) is 13.6. The standard InChI is InChI=1S/C16H25N5O2/c1-11-3-2-6-21(9-11)15-13(17)14(18-10-19-15)20-7-4-12(5-8-20)16(22)23/h10-12H,2-9,17H2,1H3,(H,22,23). The number of rotatable bonds is 3. The van der Waals surface area contributed by atoms with E-state index >= 15 is 0 Å². The van der Waals surface area contributed by atoms with E-state index in [1.807, 2.05) is 0 Å². The van der Waals surface area contributed by atoms with Gasteiger partial charge in [-0.3, -0.25) is 4.79 Å². The molecule has 0 radical (unpaired) electrons. The highest BCUT2D eigenvalue weighted by molar-refractivity contribution is 5.76. The molecular weight excluding hydrogens is 294 g/mol. The molecule has 0 amide bonds. The number of hydrogen-bond donors (Lipinski definition) is 2. The third-order valence-corrected chi connectivity index (χ3v) is 4.94. The summed E-state index contributed by atoms with van der Waals surface area (Å²) in [6.45, 7) is 5.55. The van der Waals surface area contributed by atoms with Crippen molar-refractivity contribution in [3.63, 3.8) is 0 Å². The van der Waals surface area contributed by atoms with Crippen LogP contribution in [0.25, 0.3) is 0 Å². The van der Waals surface area contributed by atoms with Crippen LogP contribution in [0.4, 0.5) is 17.3 Å². The van der Waals surface area contributed by atoms with Crippen LogP contribution in [0.2, 0.25) is 0 Å². The molecule has 3 rings (SSSR count). The summed E-state index contributed by atoms with van der Waals surface area (Å²) in [7, 11) is 0. The number of aromatic nitrogens is 2. The molecule has 0 bridgehead atoms. The van der Waals surface area contributed by atoms with Crippen molar-refractivity contribution in [3.8, 4) is 0 Å². The molecule has 23 heavy (non-hydrogen) atoms. The molecule has 3 heterocycles. The Bertz CT molecular complexity index is 572. The number of carboxylic acid groups (broad SMARTS) is 1. The minimum Gasteiger partial charge on any atom is -0.481 e. The molecule has 0 spiro atoms.